The summed E-state index contributed by atoms with van der Waals surface area (Å²) in [6, 6.07) is 5.33. The predicted octanol–water partition coefficient (Wildman–Crippen LogP) is 3.97. The monoisotopic (exact) mass is 342 g/mol. The van der Waals surface area contributed by atoms with Gasteiger partial charge in [-0.15, -0.1) is 0 Å². The zero-order valence-electron chi connectivity index (χ0n) is 14.9. The van der Waals surface area contributed by atoms with E-state index in [0.29, 0.717) is 17.3 Å². The molecule has 25 heavy (non-hydrogen) atoms. The molecule has 0 spiro atoms. The van der Waals surface area contributed by atoms with Crippen molar-refractivity contribution in [2.24, 2.45) is 5.92 Å². The number of aromatic nitrogens is 3. The minimum absolute atomic E-state index is 0.0545. The molecule has 0 bridgehead atoms. The number of carbonyl (C=O) groups is 1. The van der Waals surface area contributed by atoms with E-state index in [1.807, 2.05) is 19.9 Å². The average Bonchev–Trinajstić information content (AvgIpc) is 3.02. The van der Waals surface area contributed by atoms with Crippen molar-refractivity contribution in [2.75, 3.05) is 5.32 Å². The van der Waals surface area contributed by atoms with E-state index in [2.05, 4.69) is 20.5 Å². The second-order valence-electron chi connectivity index (χ2n) is 6.99. The van der Waals surface area contributed by atoms with Crippen LogP contribution in [0.4, 0.5) is 5.82 Å². The van der Waals surface area contributed by atoms with Crippen molar-refractivity contribution in [1.29, 1.82) is 0 Å². The highest BCUT2D eigenvalue weighted by atomic mass is 16.5. The first kappa shape index (κ1) is 17.5. The fourth-order valence-electron chi connectivity index (χ4n) is 3.25. The molecule has 1 aliphatic carbocycles. The number of amides is 1. The van der Waals surface area contributed by atoms with Crippen LogP contribution in [-0.4, -0.2) is 27.2 Å². The van der Waals surface area contributed by atoms with Crippen LogP contribution < -0.4 is 10.1 Å². The first-order chi connectivity index (χ1) is 12.1. The average molecular weight is 342 g/mol. The Morgan fingerprint density at radius 2 is 2.12 bits per heavy atom. The number of carbonyl (C=O) groups excluding carboxylic acids is 1. The molecule has 2 aromatic heterocycles. The Bertz CT molecular complexity index is 688. The summed E-state index contributed by atoms with van der Waals surface area (Å²) in [6.07, 6.45) is 9.16. The van der Waals surface area contributed by atoms with Gasteiger partial charge in [0.15, 0.2) is 5.82 Å². The van der Waals surface area contributed by atoms with Crippen LogP contribution in [0, 0.1) is 5.92 Å². The van der Waals surface area contributed by atoms with E-state index < -0.39 is 0 Å². The lowest BCUT2D eigenvalue weighted by molar-refractivity contribution is 0.102. The summed E-state index contributed by atoms with van der Waals surface area (Å²) in [5.41, 5.74) is 1.56. The molecule has 3 rings (SSSR count). The molecule has 1 aliphatic rings. The third-order valence-corrected chi connectivity index (χ3v) is 4.46. The van der Waals surface area contributed by atoms with Crippen LogP contribution in [0.5, 0.6) is 5.88 Å². The van der Waals surface area contributed by atoms with E-state index >= 15 is 0 Å². The van der Waals surface area contributed by atoms with Crippen LogP contribution in [0.2, 0.25) is 0 Å². The molecular formula is C19H26N4O2. The van der Waals surface area contributed by atoms with Gasteiger partial charge in [-0.05, 0) is 32.3 Å². The summed E-state index contributed by atoms with van der Waals surface area (Å²) in [7, 11) is 0. The summed E-state index contributed by atoms with van der Waals surface area (Å²) in [6.45, 7) is 3.87. The topological polar surface area (TPSA) is 79.9 Å². The number of nitrogens with one attached hydrogen (secondary N) is 2. The first-order valence-corrected chi connectivity index (χ1v) is 9.08. The summed E-state index contributed by atoms with van der Waals surface area (Å²) >= 11 is 0. The number of aromatic amines is 1. The normalized spacial score (nSPS) is 15.3. The molecule has 2 aromatic rings. The molecular weight excluding hydrogens is 316 g/mol. The molecule has 0 aromatic carbocycles. The molecule has 134 valence electrons. The number of hydrogen-bond donors (Lipinski definition) is 2. The smallest absolute Gasteiger partial charge is 0.258 e. The molecule has 2 heterocycles. The molecule has 6 nitrogen and oxygen atoms in total. The van der Waals surface area contributed by atoms with Crippen LogP contribution in [0.25, 0.3) is 0 Å². The Labute approximate surface area is 148 Å². The number of rotatable bonds is 6. The Balaban J connectivity index is 1.55. The van der Waals surface area contributed by atoms with E-state index in [1.54, 1.807) is 12.1 Å². The molecule has 1 saturated carbocycles. The van der Waals surface area contributed by atoms with Crippen molar-refractivity contribution >= 4 is 11.7 Å². The van der Waals surface area contributed by atoms with Crippen LogP contribution in [-0.2, 0) is 6.42 Å². The molecule has 0 atom stereocenters. The van der Waals surface area contributed by atoms with Gasteiger partial charge >= 0.3 is 0 Å². The molecule has 0 aliphatic heterocycles. The second-order valence-corrected chi connectivity index (χ2v) is 6.99. The number of anilines is 1. The zero-order valence-corrected chi connectivity index (χ0v) is 14.9. The van der Waals surface area contributed by atoms with Gasteiger partial charge in [0.2, 0.25) is 5.88 Å². The third kappa shape index (κ3) is 5.05. The maximum Gasteiger partial charge on any atom is 0.258 e. The Morgan fingerprint density at radius 1 is 1.32 bits per heavy atom. The van der Waals surface area contributed by atoms with Crippen LogP contribution in [0.15, 0.2) is 24.4 Å². The van der Waals surface area contributed by atoms with Gasteiger partial charge < -0.3 is 10.1 Å². The van der Waals surface area contributed by atoms with Crippen molar-refractivity contribution < 1.29 is 9.53 Å². The van der Waals surface area contributed by atoms with Crippen LogP contribution >= 0.6 is 0 Å². The van der Waals surface area contributed by atoms with Gasteiger partial charge in [-0.25, -0.2) is 4.98 Å². The van der Waals surface area contributed by atoms with Crippen molar-refractivity contribution in [3.8, 4) is 5.88 Å². The van der Waals surface area contributed by atoms with E-state index in [-0.39, 0.29) is 12.0 Å². The minimum Gasteiger partial charge on any atom is -0.475 e. The molecule has 0 saturated heterocycles. The SMILES string of the molecule is CC(C)Oc1ccc(C(=O)Nc2cc(CC3CCCCC3)[nH]n2)cn1. The van der Waals surface area contributed by atoms with E-state index in [4.69, 9.17) is 4.74 Å². The number of H-pyrrole nitrogens is 1. The van der Waals surface area contributed by atoms with Gasteiger partial charge in [0.05, 0.1) is 11.7 Å². The maximum absolute atomic E-state index is 12.3. The Kier molecular flexibility index (Phi) is 5.68. The molecule has 1 amide bonds. The summed E-state index contributed by atoms with van der Waals surface area (Å²) in [5.74, 6) is 1.58. The Morgan fingerprint density at radius 3 is 2.80 bits per heavy atom. The standard InChI is InChI=1S/C19H26N4O2/c1-13(2)25-18-9-8-15(12-20-18)19(24)21-17-11-16(22-23-17)10-14-6-4-3-5-7-14/h8-9,11-14H,3-7,10H2,1-2H3,(H2,21,22,23,24). The van der Waals surface area contributed by atoms with Gasteiger partial charge in [-0.2, -0.15) is 5.10 Å². The number of ether oxygens (including phenoxy) is 1. The second kappa shape index (κ2) is 8.14. The van der Waals surface area contributed by atoms with Gasteiger partial charge in [0.1, 0.15) is 0 Å². The zero-order chi connectivity index (χ0) is 17.6. The highest BCUT2D eigenvalue weighted by molar-refractivity contribution is 6.03. The number of pyridine rings is 1. The van der Waals surface area contributed by atoms with E-state index in [0.717, 1.165) is 18.0 Å². The van der Waals surface area contributed by atoms with Crippen molar-refractivity contribution in [3.05, 3.63) is 35.7 Å². The van der Waals surface area contributed by atoms with Crippen molar-refractivity contribution in [3.63, 3.8) is 0 Å². The maximum atomic E-state index is 12.3. The van der Waals surface area contributed by atoms with Gasteiger partial charge in [0, 0.05) is 24.0 Å². The summed E-state index contributed by atoms with van der Waals surface area (Å²) in [4.78, 5) is 16.5. The van der Waals surface area contributed by atoms with Gasteiger partial charge in [-0.3, -0.25) is 9.89 Å². The highest BCUT2D eigenvalue weighted by Gasteiger charge is 2.16. The number of hydrogen-bond acceptors (Lipinski definition) is 4. The molecule has 1 fully saturated rings. The fourth-order valence-corrected chi connectivity index (χ4v) is 3.25. The largest absolute Gasteiger partial charge is 0.475 e. The summed E-state index contributed by atoms with van der Waals surface area (Å²) < 4.78 is 5.48. The first-order valence-electron chi connectivity index (χ1n) is 9.08. The fraction of sp³-hybridized carbons (Fsp3) is 0.526. The Hall–Kier alpha value is -2.37. The lowest BCUT2D eigenvalue weighted by Gasteiger charge is -2.20. The van der Waals surface area contributed by atoms with E-state index in [9.17, 15) is 4.79 Å². The van der Waals surface area contributed by atoms with Crippen molar-refractivity contribution in [2.45, 2.75) is 58.5 Å². The predicted molar refractivity (Wildman–Crippen MR) is 96.8 cm³/mol. The van der Waals surface area contributed by atoms with Crippen molar-refractivity contribution in [1.82, 2.24) is 15.2 Å². The lowest BCUT2D eigenvalue weighted by atomic mass is 9.86. The van der Waals surface area contributed by atoms with Crippen LogP contribution in [0.3, 0.4) is 0 Å². The third-order valence-electron chi connectivity index (χ3n) is 4.46. The molecule has 2 N–H and O–H groups in total. The molecule has 0 radical (unpaired) electrons. The van der Waals surface area contributed by atoms with Gasteiger partial charge in [0.25, 0.3) is 5.91 Å². The molecule has 0 unspecified atom stereocenters. The lowest BCUT2D eigenvalue weighted by Crippen LogP contribution is -2.13. The summed E-state index contributed by atoms with van der Waals surface area (Å²) in [5, 5.41) is 10.1. The quantitative estimate of drug-likeness (QED) is 0.832. The van der Waals surface area contributed by atoms with E-state index in [1.165, 1.54) is 38.3 Å². The molecule has 6 heteroatoms. The van der Waals surface area contributed by atoms with Gasteiger partial charge in [-0.1, -0.05) is 32.1 Å². The number of nitrogens with zero attached hydrogens (tertiary/aromatic N) is 2. The minimum atomic E-state index is -0.223. The van der Waals surface area contributed by atoms with Crippen LogP contribution in [0.1, 0.15) is 62.0 Å². The highest BCUT2D eigenvalue weighted by Crippen LogP contribution is 2.26.